The molecule has 0 fully saturated rings. The first-order valence-corrected chi connectivity index (χ1v) is 8.20. The Bertz CT molecular complexity index is 376. The molecular formula is C15H25NO3S. The van der Waals surface area contributed by atoms with Gasteiger partial charge >= 0.3 is 0 Å². The lowest BCUT2D eigenvalue weighted by Gasteiger charge is -2.21. The number of para-hydroxylation sites is 1. The minimum atomic E-state index is -0.649. The van der Waals surface area contributed by atoms with E-state index in [1.807, 2.05) is 25.1 Å². The monoisotopic (exact) mass is 299 g/mol. The van der Waals surface area contributed by atoms with Gasteiger partial charge in [-0.15, -0.1) is 0 Å². The van der Waals surface area contributed by atoms with Crippen molar-refractivity contribution in [3.05, 3.63) is 29.8 Å². The Balaban J connectivity index is 2.69. The molecule has 0 saturated carbocycles. The normalized spacial score (nSPS) is 14.0. The van der Waals surface area contributed by atoms with E-state index in [1.54, 1.807) is 11.8 Å². The number of aliphatic hydroxyl groups is 2. The van der Waals surface area contributed by atoms with Gasteiger partial charge in [0.25, 0.3) is 0 Å². The number of nitrogens with one attached hydrogen (secondary N) is 1. The van der Waals surface area contributed by atoms with Crippen molar-refractivity contribution >= 4 is 11.8 Å². The van der Waals surface area contributed by atoms with Crippen molar-refractivity contribution in [1.82, 2.24) is 5.32 Å². The quantitative estimate of drug-likeness (QED) is 0.615. The van der Waals surface area contributed by atoms with Crippen LogP contribution in [0.1, 0.15) is 25.5 Å². The van der Waals surface area contributed by atoms with Gasteiger partial charge in [0.05, 0.1) is 19.3 Å². The van der Waals surface area contributed by atoms with E-state index in [-0.39, 0.29) is 12.6 Å². The Kier molecular flexibility index (Phi) is 8.69. The van der Waals surface area contributed by atoms with E-state index in [2.05, 4.69) is 18.3 Å². The van der Waals surface area contributed by atoms with Crippen molar-refractivity contribution < 1.29 is 14.9 Å². The average Bonchev–Trinajstić information content (AvgIpc) is 2.47. The van der Waals surface area contributed by atoms with Crippen molar-refractivity contribution in [3.8, 4) is 5.75 Å². The molecule has 0 amide bonds. The second-order valence-corrected chi connectivity index (χ2v) is 5.53. The number of thioether (sulfide) groups is 1. The molecule has 5 heteroatoms. The van der Waals surface area contributed by atoms with Crippen LogP contribution in [0, 0.1) is 0 Å². The Morgan fingerprint density at radius 2 is 2.00 bits per heavy atom. The van der Waals surface area contributed by atoms with Crippen LogP contribution in [0.15, 0.2) is 24.3 Å². The van der Waals surface area contributed by atoms with Gasteiger partial charge < -0.3 is 20.3 Å². The molecule has 0 aromatic heterocycles. The highest BCUT2D eigenvalue weighted by atomic mass is 32.2. The number of ether oxygens (including phenoxy) is 1. The highest BCUT2D eigenvalue weighted by Crippen LogP contribution is 2.27. The fourth-order valence-electron chi connectivity index (χ4n) is 1.94. The predicted molar refractivity (Wildman–Crippen MR) is 84.4 cm³/mol. The molecule has 2 atom stereocenters. The molecule has 3 N–H and O–H groups in total. The van der Waals surface area contributed by atoms with Crippen LogP contribution in [-0.4, -0.2) is 47.6 Å². The maximum atomic E-state index is 9.39. The third-order valence-corrected chi connectivity index (χ3v) is 4.04. The average molecular weight is 299 g/mol. The minimum Gasteiger partial charge on any atom is -0.494 e. The van der Waals surface area contributed by atoms with Crippen LogP contribution in [0.4, 0.5) is 0 Å². The Morgan fingerprint density at radius 1 is 1.25 bits per heavy atom. The van der Waals surface area contributed by atoms with Crippen LogP contribution in [0.2, 0.25) is 0 Å². The minimum absolute atomic E-state index is 0.179. The first kappa shape index (κ1) is 17.3. The van der Waals surface area contributed by atoms with Gasteiger partial charge in [0.1, 0.15) is 5.75 Å². The first-order chi connectivity index (χ1) is 9.72. The van der Waals surface area contributed by atoms with E-state index in [9.17, 15) is 5.11 Å². The topological polar surface area (TPSA) is 61.7 Å². The van der Waals surface area contributed by atoms with Crippen LogP contribution in [-0.2, 0) is 0 Å². The highest BCUT2D eigenvalue weighted by Gasteiger charge is 2.15. The molecule has 20 heavy (non-hydrogen) atoms. The van der Waals surface area contributed by atoms with Gasteiger partial charge in [0.15, 0.2) is 0 Å². The van der Waals surface area contributed by atoms with Gasteiger partial charge in [-0.3, -0.25) is 0 Å². The van der Waals surface area contributed by atoms with Crippen molar-refractivity contribution in [3.63, 3.8) is 0 Å². The van der Waals surface area contributed by atoms with Crippen molar-refractivity contribution in [1.29, 1.82) is 0 Å². The van der Waals surface area contributed by atoms with Crippen LogP contribution in [0.3, 0.4) is 0 Å². The summed E-state index contributed by atoms with van der Waals surface area (Å²) in [5.41, 5.74) is 1.14. The molecule has 0 aliphatic rings. The molecule has 4 nitrogen and oxygen atoms in total. The Morgan fingerprint density at radius 3 is 2.65 bits per heavy atom. The lowest BCUT2D eigenvalue weighted by Crippen LogP contribution is -2.25. The summed E-state index contributed by atoms with van der Waals surface area (Å²) in [7, 11) is 0. The molecule has 2 unspecified atom stereocenters. The molecule has 0 heterocycles. The molecule has 0 aliphatic carbocycles. The zero-order valence-corrected chi connectivity index (χ0v) is 13.0. The molecule has 0 bridgehead atoms. The highest BCUT2D eigenvalue weighted by molar-refractivity contribution is 7.99. The zero-order chi connectivity index (χ0) is 14.8. The van der Waals surface area contributed by atoms with Crippen molar-refractivity contribution in [2.75, 3.05) is 31.3 Å². The van der Waals surface area contributed by atoms with Gasteiger partial charge in [-0.25, -0.2) is 0 Å². The molecule has 114 valence electrons. The van der Waals surface area contributed by atoms with Gasteiger partial charge in [0.2, 0.25) is 0 Å². The SMILES string of the molecule is CCNC(CSCC(O)CO)c1ccccc1OCC. The van der Waals surface area contributed by atoms with E-state index < -0.39 is 6.10 Å². The standard InChI is InChI=1S/C15H25NO3S/c1-3-16-14(11-20-10-12(18)9-17)13-7-5-6-8-15(13)19-4-2/h5-8,12,14,16-18H,3-4,9-11H2,1-2H3. The van der Waals surface area contributed by atoms with E-state index in [0.29, 0.717) is 12.4 Å². The number of aliphatic hydroxyl groups excluding tert-OH is 2. The first-order valence-electron chi connectivity index (χ1n) is 7.04. The fourth-order valence-corrected chi connectivity index (χ4v) is 2.98. The summed E-state index contributed by atoms with van der Waals surface area (Å²) in [6.07, 6.45) is -0.649. The zero-order valence-electron chi connectivity index (χ0n) is 12.2. The lowest BCUT2D eigenvalue weighted by atomic mass is 10.1. The van der Waals surface area contributed by atoms with E-state index >= 15 is 0 Å². The third kappa shape index (κ3) is 5.71. The molecule has 1 aromatic rings. The summed E-state index contributed by atoms with van der Waals surface area (Å²) in [6, 6.07) is 8.21. The molecule has 0 aliphatic heterocycles. The third-order valence-electron chi connectivity index (χ3n) is 2.85. The summed E-state index contributed by atoms with van der Waals surface area (Å²) < 4.78 is 5.67. The van der Waals surface area contributed by atoms with Crippen LogP contribution < -0.4 is 10.1 Å². The van der Waals surface area contributed by atoms with Crippen LogP contribution >= 0.6 is 11.8 Å². The molecule has 0 radical (unpaired) electrons. The maximum absolute atomic E-state index is 9.39. The molecule has 1 rings (SSSR count). The Labute approximate surface area is 125 Å². The van der Waals surface area contributed by atoms with E-state index in [1.165, 1.54) is 0 Å². The van der Waals surface area contributed by atoms with Crippen LogP contribution in [0.5, 0.6) is 5.75 Å². The number of rotatable bonds is 10. The van der Waals surface area contributed by atoms with Gasteiger partial charge in [0, 0.05) is 23.1 Å². The predicted octanol–water partition coefficient (Wildman–Crippen LogP) is 1.82. The van der Waals surface area contributed by atoms with Gasteiger partial charge in [-0.1, -0.05) is 25.1 Å². The van der Waals surface area contributed by atoms with Crippen LogP contribution in [0.25, 0.3) is 0 Å². The second kappa shape index (κ2) is 10.0. The largest absolute Gasteiger partial charge is 0.494 e. The summed E-state index contributed by atoms with van der Waals surface area (Å²) in [5, 5.41) is 21.7. The Hall–Kier alpha value is -0.750. The number of hydrogen-bond acceptors (Lipinski definition) is 5. The molecule has 0 spiro atoms. The molecular weight excluding hydrogens is 274 g/mol. The van der Waals surface area contributed by atoms with Gasteiger partial charge in [-0.2, -0.15) is 11.8 Å². The summed E-state index contributed by atoms with van der Waals surface area (Å²) in [4.78, 5) is 0. The number of benzene rings is 1. The van der Waals surface area contributed by atoms with Crippen molar-refractivity contribution in [2.24, 2.45) is 0 Å². The van der Waals surface area contributed by atoms with Gasteiger partial charge in [-0.05, 0) is 19.5 Å². The lowest BCUT2D eigenvalue weighted by molar-refractivity contribution is 0.113. The smallest absolute Gasteiger partial charge is 0.124 e. The number of hydrogen-bond donors (Lipinski definition) is 3. The second-order valence-electron chi connectivity index (χ2n) is 4.45. The summed E-state index contributed by atoms with van der Waals surface area (Å²) >= 11 is 1.63. The fraction of sp³-hybridized carbons (Fsp3) is 0.600. The van der Waals surface area contributed by atoms with Crippen molar-refractivity contribution in [2.45, 2.75) is 26.0 Å². The maximum Gasteiger partial charge on any atom is 0.124 e. The van der Waals surface area contributed by atoms with E-state index in [4.69, 9.17) is 9.84 Å². The molecule has 1 aromatic carbocycles. The van der Waals surface area contributed by atoms with E-state index in [0.717, 1.165) is 23.6 Å². The summed E-state index contributed by atoms with van der Waals surface area (Å²) in [5.74, 6) is 2.27. The molecule has 0 saturated heterocycles. The summed E-state index contributed by atoms with van der Waals surface area (Å²) in [6.45, 7) is 5.38.